The van der Waals surface area contributed by atoms with Gasteiger partial charge < -0.3 is 10.1 Å². The first kappa shape index (κ1) is 19.8. The lowest BCUT2D eigenvalue weighted by Gasteiger charge is -2.13. The molecule has 0 atom stereocenters. The van der Waals surface area contributed by atoms with E-state index < -0.39 is 0 Å². The lowest BCUT2D eigenvalue weighted by atomic mass is 9.97. The van der Waals surface area contributed by atoms with Crippen LogP contribution in [0.25, 0.3) is 0 Å². The smallest absolute Gasteiger partial charge is 0.223 e. The van der Waals surface area contributed by atoms with Gasteiger partial charge in [0.1, 0.15) is 12.4 Å². The highest BCUT2D eigenvalue weighted by atomic mass is 16.5. The summed E-state index contributed by atoms with van der Waals surface area (Å²) in [7, 11) is 0. The maximum absolute atomic E-state index is 12.1. The van der Waals surface area contributed by atoms with Crippen LogP contribution in [-0.4, -0.2) is 19.1 Å². The van der Waals surface area contributed by atoms with Crippen LogP contribution in [0.5, 0.6) is 5.75 Å². The Kier molecular flexibility index (Phi) is 10.1. The summed E-state index contributed by atoms with van der Waals surface area (Å²) in [6, 6.07) is 7.88. The molecule has 0 bridgehead atoms. The number of ether oxygens (including phenoxy) is 1. The average molecular weight is 327 g/mol. The van der Waals surface area contributed by atoms with Crippen molar-refractivity contribution in [2.45, 2.75) is 46.0 Å². The third kappa shape index (κ3) is 7.37. The third-order valence-corrected chi connectivity index (χ3v) is 3.76. The van der Waals surface area contributed by atoms with Gasteiger partial charge in [-0.3, -0.25) is 4.79 Å². The SMILES string of the molecule is C=CCc1ccccc1OCC#CCNC(=O)C(CCC)CCC. The van der Waals surface area contributed by atoms with Gasteiger partial charge in [-0.1, -0.05) is 62.8 Å². The Bertz CT molecular complexity index is 563. The van der Waals surface area contributed by atoms with Crippen molar-refractivity contribution in [1.82, 2.24) is 5.32 Å². The first-order valence-electron chi connectivity index (χ1n) is 8.77. The van der Waals surface area contributed by atoms with Gasteiger partial charge in [-0.25, -0.2) is 0 Å². The summed E-state index contributed by atoms with van der Waals surface area (Å²) in [6.45, 7) is 8.66. The number of nitrogens with one attached hydrogen (secondary N) is 1. The molecular weight excluding hydrogens is 298 g/mol. The van der Waals surface area contributed by atoms with Crippen LogP contribution in [0.3, 0.4) is 0 Å². The maximum atomic E-state index is 12.1. The first-order chi connectivity index (χ1) is 11.7. The molecule has 1 amide bonds. The second kappa shape index (κ2) is 12.2. The minimum atomic E-state index is 0.115. The minimum Gasteiger partial charge on any atom is -0.481 e. The van der Waals surface area contributed by atoms with Crippen molar-refractivity contribution < 1.29 is 9.53 Å². The van der Waals surface area contributed by atoms with Crippen molar-refractivity contribution in [3.05, 3.63) is 42.5 Å². The molecule has 130 valence electrons. The van der Waals surface area contributed by atoms with Crippen molar-refractivity contribution >= 4 is 5.91 Å². The predicted octanol–water partition coefficient (Wildman–Crippen LogP) is 4.13. The highest BCUT2D eigenvalue weighted by Gasteiger charge is 2.15. The van der Waals surface area contributed by atoms with Crippen molar-refractivity contribution in [3.8, 4) is 17.6 Å². The molecule has 0 aromatic heterocycles. The average Bonchev–Trinajstić information content (AvgIpc) is 2.59. The second-order valence-electron chi connectivity index (χ2n) is 5.73. The molecule has 0 spiro atoms. The number of para-hydroxylation sites is 1. The summed E-state index contributed by atoms with van der Waals surface area (Å²) in [6.07, 6.45) is 6.57. The summed E-state index contributed by atoms with van der Waals surface area (Å²) in [5.74, 6) is 6.96. The highest BCUT2D eigenvalue weighted by Crippen LogP contribution is 2.18. The summed E-state index contributed by atoms with van der Waals surface area (Å²) in [5, 5.41) is 2.90. The fourth-order valence-corrected chi connectivity index (χ4v) is 2.58. The van der Waals surface area contributed by atoms with Gasteiger partial charge in [0.2, 0.25) is 5.91 Å². The number of amides is 1. The van der Waals surface area contributed by atoms with Crippen LogP contribution in [-0.2, 0) is 11.2 Å². The summed E-state index contributed by atoms with van der Waals surface area (Å²) < 4.78 is 5.69. The van der Waals surface area contributed by atoms with Crippen molar-refractivity contribution in [1.29, 1.82) is 0 Å². The van der Waals surface area contributed by atoms with Crippen molar-refractivity contribution in [2.75, 3.05) is 13.2 Å². The molecule has 0 aliphatic heterocycles. The van der Waals surface area contributed by atoms with Crippen LogP contribution in [0.2, 0.25) is 0 Å². The van der Waals surface area contributed by atoms with Gasteiger partial charge in [0, 0.05) is 5.92 Å². The standard InChI is InChI=1S/C21H29NO2/c1-4-11-18-14-7-8-15-20(18)24-17-10-9-16-22-21(23)19(12-5-2)13-6-3/h4,7-8,14-15,19H,1,5-6,11-13,16-17H2,2-3H3,(H,22,23). The summed E-state index contributed by atoms with van der Waals surface area (Å²) in [4.78, 5) is 12.1. The molecule has 0 heterocycles. The fourth-order valence-electron chi connectivity index (χ4n) is 2.58. The van der Waals surface area contributed by atoms with Crippen LogP contribution in [0.1, 0.15) is 45.1 Å². The largest absolute Gasteiger partial charge is 0.481 e. The molecule has 1 N–H and O–H groups in total. The molecule has 1 rings (SSSR count). The van der Waals surface area contributed by atoms with Gasteiger partial charge in [0.25, 0.3) is 0 Å². The van der Waals surface area contributed by atoms with Crippen LogP contribution < -0.4 is 10.1 Å². The number of carbonyl (C=O) groups excluding carboxylic acids is 1. The first-order valence-corrected chi connectivity index (χ1v) is 8.77. The van der Waals surface area contributed by atoms with Gasteiger partial charge in [-0.05, 0) is 30.9 Å². The Morgan fingerprint density at radius 2 is 1.96 bits per heavy atom. The molecule has 1 aromatic carbocycles. The molecule has 0 saturated heterocycles. The van der Waals surface area contributed by atoms with E-state index in [1.165, 1.54) is 0 Å². The van der Waals surface area contributed by atoms with E-state index in [9.17, 15) is 4.79 Å². The minimum absolute atomic E-state index is 0.115. The lowest BCUT2D eigenvalue weighted by Crippen LogP contribution is -2.31. The molecule has 0 fully saturated rings. The molecule has 0 saturated carbocycles. The van der Waals surface area contributed by atoms with Crippen LogP contribution >= 0.6 is 0 Å². The van der Waals surface area contributed by atoms with Gasteiger partial charge in [0.05, 0.1) is 6.54 Å². The van der Waals surface area contributed by atoms with Crippen molar-refractivity contribution in [3.63, 3.8) is 0 Å². The van der Waals surface area contributed by atoms with E-state index >= 15 is 0 Å². The highest BCUT2D eigenvalue weighted by molar-refractivity contribution is 5.78. The fraction of sp³-hybridized carbons (Fsp3) is 0.476. The van der Waals surface area contributed by atoms with Crippen molar-refractivity contribution in [2.24, 2.45) is 5.92 Å². The van der Waals surface area contributed by atoms with E-state index in [4.69, 9.17) is 4.74 Å². The maximum Gasteiger partial charge on any atom is 0.223 e. The monoisotopic (exact) mass is 327 g/mol. The Morgan fingerprint density at radius 3 is 2.62 bits per heavy atom. The lowest BCUT2D eigenvalue weighted by molar-refractivity contribution is -0.125. The number of hydrogen-bond donors (Lipinski definition) is 1. The molecule has 0 aliphatic carbocycles. The Balaban J connectivity index is 2.37. The predicted molar refractivity (Wildman–Crippen MR) is 99.9 cm³/mol. The normalized spacial score (nSPS) is 9.96. The van der Waals surface area contributed by atoms with Gasteiger partial charge in [-0.2, -0.15) is 0 Å². The Morgan fingerprint density at radius 1 is 1.25 bits per heavy atom. The van der Waals surface area contributed by atoms with Gasteiger partial charge >= 0.3 is 0 Å². The molecule has 0 radical (unpaired) electrons. The zero-order valence-electron chi connectivity index (χ0n) is 14.9. The zero-order valence-corrected chi connectivity index (χ0v) is 14.9. The van der Waals surface area contributed by atoms with E-state index in [2.05, 4.69) is 37.6 Å². The molecule has 0 aliphatic rings. The Labute approximate surface area is 146 Å². The van der Waals surface area contributed by atoms with E-state index in [0.29, 0.717) is 13.2 Å². The number of rotatable bonds is 10. The zero-order chi connectivity index (χ0) is 17.6. The molecular formula is C21H29NO2. The summed E-state index contributed by atoms with van der Waals surface area (Å²) >= 11 is 0. The quantitative estimate of drug-likeness (QED) is 0.518. The van der Waals surface area contributed by atoms with E-state index in [-0.39, 0.29) is 11.8 Å². The second-order valence-corrected chi connectivity index (χ2v) is 5.73. The topological polar surface area (TPSA) is 38.3 Å². The molecule has 24 heavy (non-hydrogen) atoms. The van der Waals surface area contributed by atoms with Crippen LogP contribution in [0.15, 0.2) is 36.9 Å². The van der Waals surface area contributed by atoms with Gasteiger partial charge in [0.15, 0.2) is 0 Å². The molecule has 1 aromatic rings. The third-order valence-electron chi connectivity index (χ3n) is 3.76. The van der Waals surface area contributed by atoms with E-state index in [1.807, 2.05) is 30.3 Å². The van der Waals surface area contributed by atoms with E-state index in [0.717, 1.165) is 43.4 Å². The van der Waals surface area contributed by atoms with Crippen LogP contribution in [0.4, 0.5) is 0 Å². The number of hydrogen-bond acceptors (Lipinski definition) is 2. The summed E-state index contributed by atoms with van der Waals surface area (Å²) in [5.41, 5.74) is 1.10. The van der Waals surface area contributed by atoms with E-state index in [1.54, 1.807) is 0 Å². The number of allylic oxidation sites excluding steroid dienone is 1. The number of benzene rings is 1. The number of carbonyl (C=O) groups is 1. The Hall–Kier alpha value is -2.21. The van der Waals surface area contributed by atoms with Gasteiger partial charge in [-0.15, -0.1) is 6.58 Å². The molecule has 3 nitrogen and oxygen atoms in total. The van der Waals surface area contributed by atoms with Crippen LogP contribution in [0, 0.1) is 17.8 Å². The molecule has 3 heteroatoms. The molecule has 0 unspecified atom stereocenters.